The molecule has 0 fully saturated rings. The highest BCUT2D eigenvalue weighted by atomic mass is 16.5. The summed E-state index contributed by atoms with van der Waals surface area (Å²) in [5, 5.41) is 0. The predicted octanol–water partition coefficient (Wildman–Crippen LogP) is 2.11. The minimum Gasteiger partial charge on any atom is -0.497 e. The quantitative estimate of drug-likeness (QED) is 0.401. The number of ether oxygens (including phenoxy) is 1. The van der Waals surface area contributed by atoms with Gasteiger partial charge in [0.05, 0.1) is 6.26 Å². The first-order valence-electron chi connectivity index (χ1n) is 2.64. The fourth-order valence-corrected chi connectivity index (χ4v) is 0.287. The molecular weight excluding hydrogens is 100 g/mol. The molecule has 0 aliphatic carbocycles. The molecule has 0 aliphatic rings. The van der Waals surface area contributed by atoms with Crippen LogP contribution in [0.5, 0.6) is 0 Å². The van der Waals surface area contributed by atoms with Crippen molar-refractivity contribution >= 4 is 0 Å². The summed E-state index contributed by atoms with van der Waals surface area (Å²) in [6, 6.07) is 0. The molecule has 0 unspecified atom stereocenters. The highest BCUT2D eigenvalue weighted by molar-refractivity contribution is 4.88. The minimum absolute atomic E-state index is 0.629. The molecule has 0 heterocycles. The van der Waals surface area contributed by atoms with Gasteiger partial charge in [0.25, 0.3) is 0 Å². The summed E-state index contributed by atoms with van der Waals surface area (Å²) < 4.78 is 4.96. The monoisotopic (exact) mass is 112 g/mol. The largest absolute Gasteiger partial charge is 0.497 e. The number of allylic oxidation sites excluding steroid dienone is 1. The first-order chi connectivity index (χ1) is 3.77. The highest BCUT2D eigenvalue weighted by Gasteiger charge is 1.78. The normalized spacial score (nSPS) is 9.75. The zero-order valence-electron chi connectivity index (χ0n) is 5.48. The third-order valence-corrected chi connectivity index (χ3v) is 0.562. The van der Waals surface area contributed by atoms with Gasteiger partial charge in [-0.2, -0.15) is 0 Å². The molecule has 0 atom stereocenters. The molecule has 0 N–H and O–H groups in total. The molecule has 1 nitrogen and oxygen atoms in total. The summed E-state index contributed by atoms with van der Waals surface area (Å²) >= 11 is 0. The molecule has 0 aliphatic heterocycles. The maximum absolute atomic E-state index is 4.96. The third-order valence-electron chi connectivity index (χ3n) is 0.562. The Balaban J connectivity index is 3.05. The van der Waals surface area contributed by atoms with Crippen LogP contribution in [0.25, 0.3) is 0 Å². The Morgan fingerprint density at radius 3 is 2.75 bits per heavy atom. The van der Waals surface area contributed by atoms with Gasteiger partial charge in [-0.3, -0.25) is 0 Å². The van der Waals surface area contributed by atoms with Gasteiger partial charge in [0.2, 0.25) is 0 Å². The molecular formula is C7H12O. The van der Waals surface area contributed by atoms with Crippen molar-refractivity contribution in [2.75, 3.05) is 6.61 Å². The van der Waals surface area contributed by atoms with E-state index in [0.29, 0.717) is 6.61 Å². The second kappa shape index (κ2) is 4.44. The number of rotatable bonds is 3. The number of hydrogen-bond donors (Lipinski definition) is 0. The zero-order chi connectivity index (χ0) is 6.41. The van der Waals surface area contributed by atoms with Gasteiger partial charge in [-0.25, -0.2) is 0 Å². The van der Waals surface area contributed by atoms with Crippen LogP contribution in [0.3, 0.4) is 0 Å². The molecule has 0 saturated carbocycles. The highest BCUT2D eigenvalue weighted by Crippen LogP contribution is 1.87. The van der Waals surface area contributed by atoms with E-state index in [0.717, 1.165) is 5.57 Å². The lowest BCUT2D eigenvalue weighted by atomic mass is 10.4. The molecule has 0 saturated heterocycles. The van der Waals surface area contributed by atoms with Crippen molar-refractivity contribution in [2.45, 2.75) is 13.8 Å². The topological polar surface area (TPSA) is 9.23 Å². The van der Waals surface area contributed by atoms with Crippen LogP contribution in [0.2, 0.25) is 0 Å². The summed E-state index contributed by atoms with van der Waals surface area (Å²) in [6.07, 6.45) is 3.51. The molecule has 1 heteroatoms. The number of hydrogen-bond acceptors (Lipinski definition) is 1. The van der Waals surface area contributed by atoms with Crippen LogP contribution >= 0.6 is 0 Å². The SMILES string of the molecule is C=C(C)CO/C=C/C. The smallest absolute Gasteiger partial charge is 0.108 e. The average molecular weight is 112 g/mol. The molecule has 0 bridgehead atoms. The van der Waals surface area contributed by atoms with E-state index in [1.807, 2.05) is 19.9 Å². The van der Waals surface area contributed by atoms with Crippen molar-refractivity contribution in [3.8, 4) is 0 Å². The van der Waals surface area contributed by atoms with Crippen LogP contribution in [0.1, 0.15) is 13.8 Å². The Morgan fingerprint density at radius 2 is 2.38 bits per heavy atom. The third kappa shape index (κ3) is 5.28. The van der Waals surface area contributed by atoms with E-state index in [4.69, 9.17) is 4.74 Å². The Bertz CT molecular complexity index is 92.6. The van der Waals surface area contributed by atoms with Gasteiger partial charge < -0.3 is 4.74 Å². The van der Waals surface area contributed by atoms with Crippen molar-refractivity contribution in [3.63, 3.8) is 0 Å². The van der Waals surface area contributed by atoms with Crippen molar-refractivity contribution in [3.05, 3.63) is 24.5 Å². The summed E-state index contributed by atoms with van der Waals surface area (Å²) in [6.45, 7) is 8.15. The fraction of sp³-hybridized carbons (Fsp3) is 0.429. The van der Waals surface area contributed by atoms with Gasteiger partial charge in [0.1, 0.15) is 6.61 Å². The molecule has 0 rings (SSSR count). The lowest BCUT2D eigenvalue weighted by Gasteiger charge is -1.95. The van der Waals surface area contributed by atoms with Crippen LogP contribution < -0.4 is 0 Å². The van der Waals surface area contributed by atoms with Gasteiger partial charge in [0.15, 0.2) is 0 Å². The maximum atomic E-state index is 4.96. The van der Waals surface area contributed by atoms with E-state index >= 15 is 0 Å². The van der Waals surface area contributed by atoms with Crippen LogP contribution in [0.15, 0.2) is 24.5 Å². The lowest BCUT2D eigenvalue weighted by Crippen LogP contribution is -1.85. The standard InChI is InChI=1S/C7H12O/c1-4-5-8-6-7(2)3/h4-5H,2,6H2,1,3H3/b5-4+. The van der Waals surface area contributed by atoms with Gasteiger partial charge in [-0.1, -0.05) is 12.7 Å². The van der Waals surface area contributed by atoms with Crippen molar-refractivity contribution in [1.82, 2.24) is 0 Å². The fourth-order valence-electron chi connectivity index (χ4n) is 0.287. The molecule has 0 spiro atoms. The first-order valence-corrected chi connectivity index (χ1v) is 2.64. The van der Waals surface area contributed by atoms with E-state index < -0.39 is 0 Å². The summed E-state index contributed by atoms with van der Waals surface area (Å²) in [5.41, 5.74) is 1.04. The summed E-state index contributed by atoms with van der Waals surface area (Å²) in [5.74, 6) is 0. The Kier molecular flexibility index (Phi) is 4.04. The van der Waals surface area contributed by atoms with Crippen molar-refractivity contribution in [2.24, 2.45) is 0 Å². The van der Waals surface area contributed by atoms with E-state index in [1.165, 1.54) is 0 Å². The zero-order valence-corrected chi connectivity index (χ0v) is 5.48. The van der Waals surface area contributed by atoms with Crippen LogP contribution in [0.4, 0.5) is 0 Å². The Hall–Kier alpha value is -0.720. The molecule has 0 aromatic rings. The Morgan fingerprint density at radius 1 is 1.75 bits per heavy atom. The minimum atomic E-state index is 0.629. The van der Waals surface area contributed by atoms with E-state index in [1.54, 1.807) is 6.26 Å². The van der Waals surface area contributed by atoms with Gasteiger partial charge in [-0.15, -0.1) is 0 Å². The summed E-state index contributed by atoms with van der Waals surface area (Å²) in [4.78, 5) is 0. The van der Waals surface area contributed by atoms with Crippen molar-refractivity contribution < 1.29 is 4.74 Å². The molecule has 0 amide bonds. The van der Waals surface area contributed by atoms with Gasteiger partial charge in [0, 0.05) is 0 Å². The Labute approximate surface area is 50.7 Å². The second-order valence-corrected chi connectivity index (χ2v) is 1.74. The van der Waals surface area contributed by atoms with Gasteiger partial charge >= 0.3 is 0 Å². The van der Waals surface area contributed by atoms with E-state index in [2.05, 4.69) is 6.58 Å². The van der Waals surface area contributed by atoms with Crippen LogP contribution in [0, 0.1) is 0 Å². The van der Waals surface area contributed by atoms with Crippen LogP contribution in [-0.2, 0) is 4.74 Å². The van der Waals surface area contributed by atoms with Crippen molar-refractivity contribution in [1.29, 1.82) is 0 Å². The maximum Gasteiger partial charge on any atom is 0.108 e. The van der Waals surface area contributed by atoms with E-state index in [9.17, 15) is 0 Å². The molecule has 0 aromatic heterocycles. The van der Waals surface area contributed by atoms with Crippen LogP contribution in [-0.4, -0.2) is 6.61 Å². The lowest BCUT2D eigenvalue weighted by molar-refractivity contribution is 0.280. The molecule has 0 aromatic carbocycles. The molecule has 0 radical (unpaired) electrons. The second-order valence-electron chi connectivity index (χ2n) is 1.74. The van der Waals surface area contributed by atoms with E-state index in [-0.39, 0.29) is 0 Å². The first kappa shape index (κ1) is 7.28. The van der Waals surface area contributed by atoms with Gasteiger partial charge in [-0.05, 0) is 19.4 Å². The summed E-state index contributed by atoms with van der Waals surface area (Å²) in [7, 11) is 0. The average Bonchev–Trinajstić information content (AvgIpc) is 1.66. The molecule has 46 valence electrons. The molecule has 8 heavy (non-hydrogen) atoms. The predicted molar refractivity (Wildman–Crippen MR) is 35.6 cm³/mol.